The first-order chi connectivity index (χ1) is 13.9. The number of carbonyl (C=O) groups excluding carboxylic acids is 1. The van der Waals surface area contributed by atoms with Gasteiger partial charge in [-0.05, 0) is 12.8 Å². The zero-order valence-electron chi connectivity index (χ0n) is 17.1. The van der Waals surface area contributed by atoms with Gasteiger partial charge >= 0.3 is 6.18 Å². The predicted molar refractivity (Wildman–Crippen MR) is 118 cm³/mol. The van der Waals surface area contributed by atoms with Crippen LogP contribution in [0.15, 0.2) is 12.4 Å². The Hall–Kier alpha value is -0.820. The van der Waals surface area contributed by atoms with E-state index < -0.39 is 11.7 Å². The number of carbonyl (C=O) groups is 1. The molecule has 2 saturated heterocycles. The molecule has 6 nitrogen and oxygen atoms in total. The molecule has 0 bridgehead atoms. The third-order valence-corrected chi connectivity index (χ3v) is 5.42. The summed E-state index contributed by atoms with van der Waals surface area (Å²) in [5.41, 5.74) is -0.854. The summed E-state index contributed by atoms with van der Waals surface area (Å²) >= 11 is 2.00. The Morgan fingerprint density at radius 1 is 1.07 bits per heavy atom. The number of hydrogen-bond donors (Lipinski definition) is 0. The van der Waals surface area contributed by atoms with Crippen LogP contribution in [-0.4, -0.2) is 52.6 Å². The summed E-state index contributed by atoms with van der Waals surface area (Å²) < 4.78 is 43.1. The van der Waals surface area contributed by atoms with Gasteiger partial charge in [0.05, 0.1) is 14.8 Å². The van der Waals surface area contributed by atoms with Crippen LogP contribution < -0.4 is 4.90 Å². The van der Waals surface area contributed by atoms with Gasteiger partial charge in [0, 0.05) is 65.7 Å². The molecule has 1 aromatic heterocycles. The molecule has 2 aliphatic heterocycles. The Morgan fingerprint density at radius 2 is 1.62 bits per heavy atom. The Kier molecular flexibility index (Phi) is 11.6. The van der Waals surface area contributed by atoms with Gasteiger partial charge in [0.1, 0.15) is 0 Å². The molecule has 0 aliphatic carbocycles. The van der Waals surface area contributed by atoms with Gasteiger partial charge < -0.3 is 9.80 Å². The van der Waals surface area contributed by atoms with E-state index in [4.69, 9.17) is 4.18 Å². The van der Waals surface area contributed by atoms with Gasteiger partial charge in [-0.1, -0.05) is 27.7 Å². The third-order valence-electron chi connectivity index (χ3n) is 4.50. The molecule has 11 heteroatoms. The van der Waals surface area contributed by atoms with Crippen molar-refractivity contribution in [3.05, 3.63) is 18.0 Å². The van der Waals surface area contributed by atoms with E-state index in [0.29, 0.717) is 32.0 Å². The third kappa shape index (κ3) is 7.12. The molecule has 0 spiro atoms. The molecule has 1 unspecified atom stereocenters. The Bertz CT molecular complexity index is 614. The molecule has 29 heavy (non-hydrogen) atoms. The number of amides is 1. The maximum atomic E-state index is 12.6. The monoisotopic (exact) mass is 548 g/mol. The summed E-state index contributed by atoms with van der Waals surface area (Å²) in [7, 11) is 1.17. The molecule has 0 N–H and O–H groups in total. The number of piperidine rings is 1. The first-order valence-corrected chi connectivity index (χ1v) is 13.1. The number of hydrogen-bond acceptors (Lipinski definition) is 6. The molecule has 2 aliphatic rings. The van der Waals surface area contributed by atoms with Crippen LogP contribution in [0.5, 0.6) is 0 Å². The molecular formula is C18H28F3IN4O2S. The molecule has 1 atom stereocenters. The van der Waals surface area contributed by atoms with Gasteiger partial charge in [-0.2, -0.15) is 13.2 Å². The molecule has 1 amide bonds. The van der Waals surface area contributed by atoms with Gasteiger partial charge in [0.25, 0.3) is 5.91 Å². The standard InChI is InChI=1S/C14H16F3IN4O2S.2C2H6/c15-14(16,17)9-7-19-13(20-8-9)21-4-1-10(2-5-21)22-6-3-11(12(22)23)24-25-18;2*1-2/h7-8,10-11H,1-6H2;2*1-2H3. The first-order valence-electron chi connectivity index (χ1n) is 9.79. The summed E-state index contributed by atoms with van der Waals surface area (Å²) in [6, 6.07) is 0.131. The number of nitrogens with zero attached hydrogens (tertiary/aromatic N) is 4. The number of halogens is 4. The molecule has 0 aromatic carbocycles. The predicted octanol–water partition coefficient (Wildman–Crippen LogP) is 5.13. The minimum atomic E-state index is -4.43. The summed E-state index contributed by atoms with van der Waals surface area (Å²) in [6.45, 7) is 9.89. The van der Waals surface area contributed by atoms with E-state index in [2.05, 4.69) is 9.97 Å². The topological polar surface area (TPSA) is 58.6 Å². The van der Waals surface area contributed by atoms with Crippen LogP contribution in [0.2, 0.25) is 0 Å². The zero-order valence-corrected chi connectivity index (χ0v) is 20.1. The lowest BCUT2D eigenvalue weighted by Crippen LogP contribution is -2.47. The molecular weight excluding hydrogens is 520 g/mol. The number of anilines is 1. The van der Waals surface area contributed by atoms with E-state index in [0.717, 1.165) is 25.2 Å². The maximum Gasteiger partial charge on any atom is 0.419 e. The van der Waals surface area contributed by atoms with Crippen LogP contribution in [-0.2, 0) is 15.2 Å². The quantitative estimate of drug-likeness (QED) is 0.384. The van der Waals surface area contributed by atoms with E-state index in [1.165, 1.54) is 9.21 Å². The van der Waals surface area contributed by atoms with Crippen LogP contribution in [0.25, 0.3) is 0 Å². The number of alkyl halides is 3. The lowest BCUT2D eigenvalue weighted by Gasteiger charge is -2.36. The van der Waals surface area contributed by atoms with E-state index in [-0.39, 0.29) is 18.1 Å². The Morgan fingerprint density at radius 3 is 2.10 bits per heavy atom. The highest BCUT2D eigenvalue weighted by Crippen LogP contribution is 2.30. The largest absolute Gasteiger partial charge is 0.419 e. The normalized spacial score (nSPS) is 20.0. The van der Waals surface area contributed by atoms with Crippen molar-refractivity contribution in [2.24, 2.45) is 0 Å². The molecule has 1 aromatic rings. The van der Waals surface area contributed by atoms with Crippen molar-refractivity contribution in [3.63, 3.8) is 0 Å². The maximum absolute atomic E-state index is 12.6. The van der Waals surface area contributed by atoms with Crippen molar-refractivity contribution in [1.82, 2.24) is 14.9 Å². The van der Waals surface area contributed by atoms with Crippen molar-refractivity contribution in [3.8, 4) is 0 Å². The minimum Gasteiger partial charge on any atom is -0.341 e. The molecule has 0 saturated carbocycles. The molecule has 0 radical (unpaired) electrons. The fourth-order valence-electron chi connectivity index (χ4n) is 3.18. The first kappa shape index (κ1) is 26.2. The highest BCUT2D eigenvalue weighted by atomic mass is 127. The van der Waals surface area contributed by atoms with Gasteiger partial charge in [0.15, 0.2) is 6.10 Å². The second-order valence-corrected chi connectivity index (χ2v) is 7.35. The van der Waals surface area contributed by atoms with E-state index in [1.54, 1.807) is 0 Å². The molecule has 2 fully saturated rings. The van der Waals surface area contributed by atoms with E-state index >= 15 is 0 Å². The molecule has 3 rings (SSSR count). The SMILES string of the molecule is CC.CC.O=C1C(OSI)CCN1C1CCN(c2ncc(C(F)(F)F)cn2)CC1. The van der Waals surface area contributed by atoms with E-state index in [1.807, 2.05) is 58.7 Å². The van der Waals surface area contributed by atoms with Crippen LogP contribution in [0.4, 0.5) is 19.1 Å². The summed E-state index contributed by atoms with van der Waals surface area (Å²) in [4.78, 5) is 23.7. The lowest BCUT2D eigenvalue weighted by atomic mass is 10.0. The fraction of sp³-hybridized carbons (Fsp3) is 0.722. The lowest BCUT2D eigenvalue weighted by molar-refractivity contribution is -0.138. The van der Waals surface area contributed by atoms with Crippen LogP contribution >= 0.6 is 30.4 Å². The van der Waals surface area contributed by atoms with Crippen molar-refractivity contribution in [2.75, 3.05) is 24.5 Å². The average Bonchev–Trinajstić information content (AvgIpc) is 3.11. The van der Waals surface area contributed by atoms with Gasteiger partial charge in [0.2, 0.25) is 5.95 Å². The van der Waals surface area contributed by atoms with Gasteiger partial charge in [-0.25, -0.2) is 9.97 Å². The number of rotatable bonds is 4. The van der Waals surface area contributed by atoms with Crippen LogP contribution in [0.1, 0.15) is 52.5 Å². The van der Waals surface area contributed by atoms with Crippen LogP contribution in [0, 0.1) is 0 Å². The Balaban J connectivity index is 0.000000989. The molecule has 166 valence electrons. The van der Waals surface area contributed by atoms with Crippen molar-refractivity contribution < 1.29 is 22.1 Å². The summed E-state index contributed by atoms with van der Waals surface area (Å²) in [6.07, 6.45) is -1.03. The second-order valence-electron chi connectivity index (χ2n) is 5.96. The highest BCUT2D eigenvalue weighted by molar-refractivity contribution is 14.2. The summed E-state index contributed by atoms with van der Waals surface area (Å²) in [5.74, 6) is 0.315. The zero-order chi connectivity index (χ0) is 22.0. The number of aromatic nitrogens is 2. The molecule has 3 heterocycles. The van der Waals surface area contributed by atoms with E-state index in [9.17, 15) is 18.0 Å². The summed E-state index contributed by atoms with van der Waals surface area (Å²) in [5, 5.41) is 0. The second kappa shape index (κ2) is 12.8. The Labute approximate surface area is 186 Å². The minimum absolute atomic E-state index is 0.0217. The van der Waals surface area contributed by atoms with Gasteiger partial charge in [-0.15, -0.1) is 0 Å². The van der Waals surface area contributed by atoms with Gasteiger partial charge in [-0.3, -0.25) is 8.98 Å². The number of likely N-dealkylation sites (tertiary alicyclic amines) is 1. The average molecular weight is 548 g/mol. The van der Waals surface area contributed by atoms with Crippen molar-refractivity contribution >= 4 is 42.3 Å². The van der Waals surface area contributed by atoms with Crippen molar-refractivity contribution in [1.29, 1.82) is 0 Å². The smallest absolute Gasteiger partial charge is 0.341 e. The van der Waals surface area contributed by atoms with Crippen LogP contribution in [0.3, 0.4) is 0 Å². The fourth-order valence-corrected chi connectivity index (χ4v) is 4.20. The van der Waals surface area contributed by atoms with Crippen molar-refractivity contribution in [2.45, 2.75) is 65.3 Å². The highest BCUT2D eigenvalue weighted by Gasteiger charge is 2.38.